The number of carbonyl (C=O) groups excluding carboxylic acids is 1. The first-order valence-electron chi connectivity index (χ1n) is 5.43. The van der Waals surface area contributed by atoms with Crippen LogP contribution in [0, 0.1) is 0 Å². The zero-order valence-corrected chi connectivity index (χ0v) is 9.67. The van der Waals surface area contributed by atoms with Crippen molar-refractivity contribution in [3.63, 3.8) is 0 Å². The minimum atomic E-state index is -0.379. The Kier molecular flexibility index (Phi) is 3.88. The summed E-state index contributed by atoms with van der Waals surface area (Å²) in [5.41, 5.74) is 3.83. The number of pyridine rings is 1. The fourth-order valence-corrected chi connectivity index (χ4v) is 1.54. The maximum absolute atomic E-state index is 11.1. The van der Waals surface area contributed by atoms with Crippen LogP contribution in [-0.4, -0.2) is 17.5 Å². The summed E-state index contributed by atoms with van der Waals surface area (Å²) in [4.78, 5) is 15.1. The molecule has 0 atom stereocenters. The van der Waals surface area contributed by atoms with Gasteiger partial charge in [0.05, 0.1) is 0 Å². The van der Waals surface area contributed by atoms with Gasteiger partial charge in [-0.25, -0.2) is 5.84 Å². The molecule has 5 heteroatoms. The SMILES string of the molecule is NNC(=O)COc1ccccc1-c1cccnc1. The molecule has 2 rings (SSSR count). The molecular weight excluding hydrogens is 230 g/mol. The number of hydrogen-bond donors (Lipinski definition) is 2. The summed E-state index contributed by atoms with van der Waals surface area (Å²) in [5, 5.41) is 0. The second-order valence-corrected chi connectivity index (χ2v) is 3.59. The average Bonchev–Trinajstić information content (AvgIpc) is 2.46. The monoisotopic (exact) mass is 243 g/mol. The van der Waals surface area contributed by atoms with E-state index >= 15 is 0 Å². The highest BCUT2D eigenvalue weighted by molar-refractivity contribution is 5.77. The molecule has 1 aromatic carbocycles. The minimum Gasteiger partial charge on any atom is -0.483 e. The van der Waals surface area contributed by atoms with Crippen LogP contribution in [0.3, 0.4) is 0 Å². The number of para-hydroxylation sites is 1. The van der Waals surface area contributed by atoms with E-state index in [9.17, 15) is 4.79 Å². The van der Waals surface area contributed by atoms with E-state index in [1.165, 1.54) is 0 Å². The van der Waals surface area contributed by atoms with Gasteiger partial charge in [-0.15, -0.1) is 0 Å². The molecule has 0 aliphatic heterocycles. The quantitative estimate of drug-likeness (QED) is 0.479. The summed E-state index contributed by atoms with van der Waals surface area (Å²) in [5.74, 6) is 5.24. The zero-order valence-electron chi connectivity index (χ0n) is 9.67. The second kappa shape index (κ2) is 5.79. The van der Waals surface area contributed by atoms with E-state index in [2.05, 4.69) is 4.98 Å². The standard InChI is InChI=1S/C13H13N3O2/c14-16-13(17)9-18-12-6-2-1-5-11(12)10-4-3-7-15-8-10/h1-8H,9,14H2,(H,16,17). The van der Waals surface area contributed by atoms with Gasteiger partial charge < -0.3 is 4.74 Å². The predicted octanol–water partition coefficient (Wildman–Crippen LogP) is 1.12. The number of aromatic nitrogens is 1. The van der Waals surface area contributed by atoms with E-state index in [4.69, 9.17) is 10.6 Å². The van der Waals surface area contributed by atoms with E-state index in [0.717, 1.165) is 11.1 Å². The molecule has 0 aliphatic carbocycles. The lowest BCUT2D eigenvalue weighted by molar-refractivity contribution is -0.123. The molecule has 2 aromatic rings. The lowest BCUT2D eigenvalue weighted by Gasteiger charge is -2.10. The molecule has 0 radical (unpaired) electrons. The molecule has 1 aromatic heterocycles. The Morgan fingerprint density at radius 1 is 1.28 bits per heavy atom. The zero-order chi connectivity index (χ0) is 12.8. The first-order chi connectivity index (χ1) is 8.81. The van der Waals surface area contributed by atoms with Gasteiger partial charge in [0.15, 0.2) is 6.61 Å². The molecule has 18 heavy (non-hydrogen) atoms. The fourth-order valence-electron chi connectivity index (χ4n) is 1.54. The number of benzene rings is 1. The Balaban J connectivity index is 2.24. The number of hydrogen-bond acceptors (Lipinski definition) is 4. The van der Waals surface area contributed by atoms with Gasteiger partial charge in [-0.3, -0.25) is 15.2 Å². The van der Waals surface area contributed by atoms with E-state index < -0.39 is 0 Å². The predicted molar refractivity (Wildman–Crippen MR) is 67.5 cm³/mol. The molecule has 0 aliphatic rings. The number of amides is 1. The van der Waals surface area contributed by atoms with Crippen LogP contribution in [0.15, 0.2) is 48.8 Å². The van der Waals surface area contributed by atoms with Gasteiger partial charge >= 0.3 is 0 Å². The molecular formula is C13H13N3O2. The van der Waals surface area contributed by atoms with Crippen LogP contribution in [0.4, 0.5) is 0 Å². The summed E-state index contributed by atoms with van der Waals surface area (Å²) in [6.07, 6.45) is 3.44. The molecule has 1 amide bonds. The summed E-state index contributed by atoms with van der Waals surface area (Å²) in [6.45, 7) is -0.117. The molecule has 0 saturated carbocycles. The summed E-state index contributed by atoms with van der Waals surface area (Å²) in [7, 11) is 0. The van der Waals surface area contributed by atoms with Gasteiger partial charge in [-0.1, -0.05) is 24.3 Å². The Labute approximate surface area is 105 Å². The van der Waals surface area contributed by atoms with Crippen LogP contribution >= 0.6 is 0 Å². The van der Waals surface area contributed by atoms with Crippen molar-refractivity contribution in [1.29, 1.82) is 0 Å². The molecule has 92 valence electrons. The molecule has 3 N–H and O–H groups in total. The maximum atomic E-state index is 11.1. The fraction of sp³-hybridized carbons (Fsp3) is 0.0769. The third-order valence-corrected chi connectivity index (χ3v) is 2.38. The number of rotatable bonds is 4. The lowest BCUT2D eigenvalue weighted by Crippen LogP contribution is -2.34. The Hall–Kier alpha value is -2.40. The lowest BCUT2D eigenvalue weighted by atomic mass is 10.1. The number of nitrogens with one attached hydrogen (secondary N) is 1. The highest BCUT2D eigenvalue weighted by atomic mass is 16.5. The van der Waals surface area contributed by atoms with Gasteiger partial charge in [0, 0.05) is 23.5 Å². The van der Waals surface area contributed by atoms with Crippen molar-refractivity contribution in [3.05, 3.63) is 48.8 Å². The summed E-state index contributed by atoms with van der Waals surface area (Å²) in [6, 6.07) is 11.2. The van der Waals surface area contributed by atoms with Gasteiger partial charge in [0.2, 0.25) is 0 Å². The number of nitrogens with two attached hydrogens (primary N) is 1. The van der Waals surface area contributed by atoms with Crippen LogP contribution in [0.1, 0.15) is 0 Å². The van der Waals surface area contributed by atoms with E-state index in [1.54, 1.807) is 18.5 Å². The van der Waals surface area contributed by atoms with E-state index in [-0.39, 0.29) is 12.5 Å². The van der Waals surface area contributed by atoms with Crippen molar-refractivity contribution >= 4 is 5.91 Å². The van der Waals surface area contributed by atoms with Gasteiger partial charge in [0.1, 0.15) is 5.75 Å². The first-order valence-corrected chi connectivity index (χ1v) is 5.43. The Bertz CT molecular complexity index is 529. The number of ether oxygens (including phenoxy) is 1. The van der Waals surface area contributed by atoms with Crippen LogP contribution in [-0.2, 0) is 4.79 Å². The van der Waals surface area contributed by atoms with E-state index in [1.807, 2.05) is 35.8 Å². The largest absolute Gasteiger partial charge is 0.483 e. The number of hydrazine groups is 1. The first kappa shape index (κ1) is 12.1. The second-order valence-electron chi connectivity index (χ2n) is 3.59. The number of nitrogens with zero attached hydrogens (tertiary/aromatic N) is 1. The van der Waals surface area contributed by atoms with Crippen molar-refractivity contribution in [1.82, 2.24) is 10.4 Å². The summed E-state index contributed by atoms with van der Waals surface area (Å²) >= 11 is 0. The molecule has 1 heterocycles. The molecule has 0 bridgehead atoms. The van der Waals surface area contributed by atoms with E-state index in [0.29, 0.717) is 5.75 Å². The van der Waals surface area contributed by atoms with Crippen LogP contribution in [0.25, 0.3) is 11.1 Å². The Morgan fingerprint density at radius 2 is 2.11 bits per heavy atom. The van der Waals surface area contributed by atoms with Crippen LogP contribution < -0.4 is 16.0 Å². The van der Waals surface area contributed by atoms with Crippen LogP contribution in [0.5, 0.6) is 5.75 Å². The van der Waals surface area contributed by atoms with Gasteiger partial charge in [-0.05, 0) is 12.1 Å². The van der Waals surface area contributed by atoms with Crippen molar-refractivity contribution in [3.8, 4) is 16.9 Å². The summed E-state index contributed by atoms with van der Waals surface area (Å²) < 4.78 is 5.42. The topological polar surface area (TPSA) is 77.2 Å². The van der Waals surface area contributed by atoms with Crippen molar-refractivity contribution < 1.29 is 9.53 Å². The molecule has 0 spiro atoms. The normalized spacial score (nSPS) is 9.83. The number of carbonyl (C=O) groups is 1. The molecule has 0 saturated heterocycles. The third-order valence-electron chi connectivity index (χ3n) is 2.38. The van der Waals surface area contributed by atoms with Gasteiger partial charge in [-0.2, -0.15) is 0 Å². The van der Waals surface area contributed by atoms with Crippen LogP contribution in [0.2, 0.25) is 0 Å². The highest BCUT2D eigenvalue weighted by Crippen LogP contribution is 2.28. The third kappa shape index (κ3) is 2.83. The highest BCUT2D eigenvalue weighted by Gasteiger charge is 2.07. The maximum Gasteiger partial charge on any atom is 0.271 e. The van der Waals surface area contributed by atoms with Crippen molar-refractivity contribution in [2.24, 2.45) is 5.84 Å². The molecule has 0 unspecified atom stereocenters. The smallest absolute Gasteiger partial charge is 0.271 e. The van der Waals surface area contributed by atoms with Gasteiger partial charge in [0.25, 0.3) is 5.91 Å². The minimum absolute atomic E-state index is 0.117. The molecule has 0 fully saturated rings. The molecule has 5 nitrogen and oxygen atoms in total. The van der Waals surface area contributed by atoms with Crippen molar-refractivity contribution in [2.75, 3.05) is 6.61 Å². The van der Waals surface area contributed by atoms with Crippen molar-refractivity contribution in [2.45, 2.75) is 0 Å². The Morgan fingerprint density at radius 3 is 2.83 bits per heavy atom. The average molecular weight is 243 g/mol.